The normalized spacial score (nSPS) is 10.9. The van der Waals surface area contributed by atoms with E-state index < -0.39 is 5.97 Å². The minimum absolute atomic E-state index is 0.325. The van der Waals surface area contributed by atoms with Gasteiger partial charge < -0.3 is 9.72 Å². The number of methoxy groups -OCH3 is 1. The van der Waals surface area contributed by atoms with E-state index in [0.717, 1.165) is 16.6 Å². The lowest BCUT2D eigenvalue weighted by Crippen LogP contribution is -2.17. The summed E-state index contributed by atoms with van der Waals surface area (Å²) in [6.45, 7) is 0. The fourth-order valence-electron chi connectivity index (χ4n) is 2.13. The van der Waals surface area contributed by atoms with E-state index in [1.165, 1.54) is 13.3 Å². The van der Waals surface area contributed by atoms with Crippen LogP contribution in [-0.4, -0.2) is 35.2 Å². The summed E-state index contributed by atoms with van der Waals surface area (Å²) >= 11 is 0. The third-order valence-corrected chi connectivity index (χ3v) is 3.39. The van der Waals surface area contributed by atoms with E-state index in [0.29, 0.717) is 11.1 Å². The number of carbonyl (C=O) groups is 2. The third-order valence-electron chi connectivity index (χ3n) is 3.39. The Morgan fingerprint density at radius 1 is 1.17 bits per heavy atom. The number of rotatable bonds is 4. The molecule has 0 saturated carbocycles. The van der Waals surface area contributed by atoms with Gasteiger partial charge in [-0.15, -0.1) is 0 Å². The first-order valence-electron chi connectivity index (χ1n) is 7.12. The van der Waals surface area contributed by atoms with Crippen molar-refractivity contribution in [3.05, 3.63) is 65.5 Å². The highest BCUT2D eigenvalue weighted by Crippen LogP contribution is 2.11. The Morgan fingerprint density at radius 2 is 1.92 bits per heavy atom. The maximum absolute atomic E-state index is 12.1. The van der Waals surface area contributed by atoms with Gasteiger partial charge in [-0.25, -0.2) is 15.2 Å². The summed E-state index contributed by atoms with van der Waals surface area (Å²) in [4.78, 5) is 30.4. The quantitative estimate of drug-likeness (QED) is 0.437. The second-order valence-electron chi connectivity index (χ2n) is 4.95. The molecule has 7 heteroatoms. The molecule has 3 aromatic rings. The van der Waals surface area contributed by atoms with Gasteiger partial charge in [-0.2, -0.15) is 5.10 Å². The Balaban J connectivity index is 1.64. The third kappa shape index (κ3) is 3.30. The summed E-state index contributed by atoms with van der Waals surface area (Å²) in [6.07, 6.45) is 3.07. The Morgan fingerprint density at radius 3 is 2.67 bits per heavy atom. The highest BCUT2D eigenvalue weighted by Gasteiger charge is 2.06. The van der Waals surface area contributed by atoms with Crippen molar-refractivity contribution in [1.82, 2.24) is 15.4 Å². The maximum Gasteiger partial charge on any atom is 0.337 e. The number of nitrogens with zero attached hydrogens (tertiary/aromatic N) is 2. The molecule has 0 unspecified atom stereocenters. The number of fused-ring (bicyclic) bond motifs is 1. The zero-order valence-corrected chi connectivity index (χ0v) is 12.8. The van der Waals surface area contributed by atoms with Gasteiger partial charge >= 0.3 is 5.97 Å². The van der Waals surface area contributed by atoms with Crippen LogP contribution in [0.4, 0.5) is 0 Å². The van der Waals surface area contributed by atoms with Crippen molar-refractivity contribution in [3.63, 3.8) is 0 Å². The lowest BCUT2D eigenvalue weighted by atomic mass is 10.1. The van der Waals surface area contributed by atoms with Crippen LogP contribution in [0.2, 0.25) is 0 Å². The standard InChI is InChI=1S/C17H14N4O3/c1-24-17(23)12-4-2-11(3-5-12)9-20-21-16(22)13-6-7-14-15(8-13)19-10-18-14/h2-10H,1H3,(H,18,19)(H,21,22)/b20-9-. The lowest BCUT2D eigenvalue weighted by Gasteiger charge is -2.01. The van der Waals surface area contributed by atoms with Crippen LogP contribution in [0.5, 0.6) is 0 Å². The van der Waals surface area contributed by atoms with E-state index in [4.69, 9.17) is 0 Å². The van der Waals surface area contributed by atoms with Crippen LogP contribution in [-0.2, 0) is 4.74 Å². The monoisotopic (exact) mass is 322 g/mol. The highest BCUT2D eigenvalue weighted by molar-refractivity contribution is 5.97. The lowest BCUT2D eigenvalue weighted by molar-refractivity contribution is 0.0600. The van der Waals surface area contributed by atoms with E-state index in [-0.39, 0.29) is 5.91 Å². The molecule has 0 aliphatic carbocycles. The van der Waals surface area contributed by atoms with Crippen LogP contribution in [0.15, 0.2) is 53.9 Å². The molecule has 120 valence electrons. The Kier molecular flexibility index (Phi) is 4.33. The molecule has 0 bridgehead atoms. The number of H-pyrrole nitrogens is 1. The smallest absolute Gasteiger partial charge is 0.337 e. The van der Waals surface area contributed by atoms with Crippen molar-refractivity contribution < 1.29 is 14.3 Å². The van der Waals surface area contributed by atoms with Crippen LogP contribution in [0, 0.1) is 0 Å². The number of amides is 1. The molecular weight excluding hydrogens is 308 g/mol. The van der Waals surface area contributed by atoms with Crippen LogP contribution < -0.4 is 5.43 Å². The largest absolute Gasteiger partial charge is 0.465 e. The van der Waals surface area contributed by atoms with Gasteiger partial charge in [0.2, 0.25) is 0 Å². The number of benzene rings is 2. The number of aromatic nitrogens is 2. The molecule has 0 saturated heterocycles. The molecule has 1 heterocycles. The molecular formula is C17H14N4O3. The molecule has 0 spiro atoms. The first kappa shape index (κ1) is 15.4. The van der Waals surface area contributed by atoms with E-state index in [1.807, 2.05) is 0 Å². The molecule has 24 heavy (non-hydrogen) atoms. The minimum Gasteiger partial charge on any atom is -0.465 e. The second kappa shape index (κ2) is 6.74. The molecule has 0 atom stereocenters. The number of carbonyl (C=O) groups excluding carboxylic acids is 2. The van der Waals surface area contributed by atoms with Gasteiger partial charge in [0, 0.05) is 5.56 Å². The van der Waals surface area contributed by atoms with E-state index in [2.05, 4.69) is 25.2 Å². The van der Waals surface area contributed by atoms with E-state index in [1.54, 1.807) is 48.8 Å². The van der Waals surface area contributed by atoms with Crippen molar-refractivity contribution >= 4 is 29.1 Å². The van der Waals surface area contributed by atoms with Gasteiger partial charge in [0.05, 0.1) is 36.2 Å². The molecule has 1 aromatic heterocycles. The second-order valence-corrected chi connectivity index (χ2v) is 4.95. The number of aromatic amines is 1. The number of hydrogen-bond donors (Lipinski definition) is 2. The summed E-state index contributed by atoms with van der Waals surface area (Å²) in [5, 5.41) is 3.91. The zero-order valence-electron chi connectivity index (χ0n) is 12.8. The molecule has 0 fully saturated rings. The number of nitrogens with one attached hydrogen (secondary N) is 2. The summed E-state index contributed by atoms with van der Waals surface area (Å²) in [5.74, 6) is -0.727. The fourth-order valence-corrected chi connectivity index (χ4v) is 2.13. The number of hydrogen-bond acceptors (Lipinski definition) is 5. The van der Waals surface area contributed by atoms with E-state index >= 15 is 0 Å². The Labute approximate surface area is 137 Å². The number of hydrazone groups is 1. The molecule has 2 aromatic carbocycles. The maximum atomic E-state index is 12.1. The number of esters is 1. The minimum atomic E-state index is -0.402. The van der Waals surface area contributed by atoms with Gasteiger partial charge in [0.15, 0.2) is 0 Å². The molecule has 2 N–H and O–H groups in total. The van der Waals surface area contributed by atoms with E-state index in [9.17, 15) is 9.59 Å². The van der Waals surface area contributed by atoms with Crippen molar-refractivity contribution in [2.75, 3.05) is 7.11 Å². The molecule has 3 rings (SSSR count). The van der Waals surface area contributed by atoms with Crippen LogP contribution in [0.25, 0.3) is 11.0 Å². The average molecular weight is 322 g/mol. The van der Waals surface area contributed by atoms with Gasteiger partial charge in [0.1, 0.15) is 0 Å². The highest BCUT2D eigenvalue weighted by atomic mass is 16.5. The molecule has 0 radical (unpaired) electrons. The first-order chi connectivity index (χ1) is 11.7. The summed E-state index contributed by atoms with van der Waals surface area (Å²) in [5.41, 5.74) is 5.70. The summed E-state index contributed by atoms with van der Waals surface area (Å²) in [7, 11) is 1.33. The van der Waals surface area contributed by atoms with Crippen molar-refractivity contribution in [1.29, 1.82) is 0 Å². The van der Waals surface area contributed by atoms with Gasteiger partial charge in [-0.05, 0) is 35.9 Å². The summed E-state index contributed by atoms with van der Waals surface area (Å²) in [6, 6.07) is 11.8. The van der Waals surface area contributed by atoms with Crippen molar-refractivity contribution in [2.45, 2.75) is 0 Å². The topological polar surface area (TPSA) is 96.4 Å². The zero-order chi connectivity index (χ0) is 16.9. The predicted molar refractivity (Wildman–Crippen MR) is 88.9 cm³/mol. The molecule has 7 nitrogen and oxygen atoms in total. The van der Waals surface area contributed by atoms with Gasteiger partial charge in [-0.3, -0.25) is 4.79 Å². The molecule has 0 aliphatic heterocycles. The number of imidazole rings is 1. The first-order valence-corrected chi connectivity index (χ1v) is 7.12. The molecule has 1 amide bonds. The van der Waals surface area contributed by atoms with Crippen LogP contribution in [0.1, 0.15) is 26.3 Å². The SMILES string of the molecule is COC(=O)c1ccc(/C=N\NC(=O)c2ccc3nc[nH]c3c2)cc1. The van der Waals surface area contributed by atoms with Crippen molar-refractivity contribution in [2.24, 2.45) is 5.10 Å². The number of ether oxygens (including phenoxy) is 1. The van der Waals surface area contributed by atoms with Crippen molar-refractivity contribution in [3.8, 4) is 0 Å². The average Bonchev–Trinajstić information content (AvgIpc) is 3.09. The van der Waals surface area contributed by atoms with Crippen LogP contribution in [0.3, 0.4) is 0 Å². The molecule has 0 aliphatic rings. The van der Waals surface area contributed by atoms with Crippen LogP contribution >= 0.6 is 0 Å². The van der Waals surface area contributed by atoms with Gasteiger partial charge in [-0.1, -0.05) is 12.1 Å². The Hall–Kier alpha value is -3.48. The fraction of sp³-hybridized carbons (Fsp3) is 0.0588. The summed E-state index contributed by atoms with van der Waals surface area (Å²) < 4.78 is 4.63. The predicted octanol–water partition coefficient (Wildman–Crippen LogP) is 2.11. The van der Waals surface area contributed by atoms with Gasteiger partial charge in [0.25, 0.3) is 5.91 Å². The Bertz CT molecular complexity index is 913.